The molecule has 3 rings (SSSR count). The number of carbonyl (C=O) groups is 10. The molecule has 0 saturated carbocycles. The van der Waals surface area contributed by atoms with Crippen LogP contribution in [-0.4, -0.2) is 170 Å². The molecule has 0 radical (unpaired) electrons. The molecule has 8 amide bonds. The number of rotatable bonds is 27. The maximum Gasteiger partial charge on any atom is 0.326 e. The molecular weight excluding hydrogens is 927 g/mol. The van der Waals surface area contributed by atoms with E-state index < -0.39 is 157 Å². The number of carbonyl (C=O) groups excluding carboxylic acids is 8. The van der Waals surface area contributed by atoms with Crippen LogP contribution in [-0.2, 0) is 54.4 Å². The van der Waals surface area contributed by atoms with Crippen molar-refractivity contribution in [1.82, 2.24) is 41.7 Å². The average Bonchev–Trinajstić information content (AvgIpc) is 4.04. The fraction of sp³-hybridized carbons (Fsp3) is 0.667. The van der Waals surface area contributed by atoms with E-state index in [9.17, 15) is 68.4 Å². The number of aliphatic carboxylic acids is 2. The topological polar surface area (TPSA) is 356 Å². The molecule has 0 unspecified atom stereocenters. The van der Waals surface area contributed by atoms with Crippen LogP contribution in [0.5, 0.6) is 0 Å². The fourth-order valence-electron chi connectivity index (χ4n) is 8.54. The number of benzene rings is 1. The van der Waals surface area contributed by atoms with Crippen LogP contribution in [0.25, 0.3) is 0 Å². The van der Waals surface area contributed by atoms with Gasteiger partial charge in [-0.2, -0.15) is 0 Å². The van der Waals surface area contributed by atoms with Crippen molar-refractivity contribution in [2.45, 2.75) is 167 Å². The zero-order chi connectivity index (χ0) is 53.3. The molecule has 2 heterocycles. The van der Waals surface area contributed by atoms with Crippen molar-refractivity contribution in [3.63, 3.8) is 0 Å². The second kappa shape index (κ2) is 28.0. The maximum atomic E-state index is 14.1. The predicted molar refractivity (Wildman–Crippen MR) is 256 cm³/mol. The Morgan fingerprint density at radius 3 is 1.54 bits per heavy atom. The molecule has 396 valence electrons. The van der Waals surface area contributed by atoms with Gasteiger partial charge in [0.15, 0.2) is 0 Å². The summed E-state index contributed by atoms with van der Waals surface area (Å²) < 4.78 is 0. The molecule has 23 heteroatoms. The van der Waals surface area contributed by atoms with Gasteiger partial charge in [-0.15, -0.1) is 0 Å². The fourth-order valence-corrected chi connectivity index (χ4v) is 8.54. The quantitative estimate of drug-likeness (QED) is 0.0479. The maximum absolute atomic E-state index is 14.1. The van der Waals surface area contributed by atoms with Crippen LogP contribution in [0.4, 0.5) is 0 Å². The highest BCUT2D eigenvalue weighted by Gasteiger charge is 2.43. The van der Waals surface area contributed by atoms with Crippen LogP contribution < -0.4 is 37.6 Å². The molecule has 0 spiro atoms. The van der Waals surface area contributed by atoms with Gasteiger partial charge in [0, 0.05) is 19.5 Å². The lowest BCUT2D eigenvalue weighted by atomic mass is 9.96. The Morgan fingerprint density at radius 1 is 0.634 bits per heavy atom. The second-order valence-corrected chi connectivity index (χ2v) is 19.0. The lowest BCUT2D eigenvalue weighted by Crippen LogP contribution is -2.62. The minimum atomic E-state index is -1.72. The number of amides is 8. The highest BCUT2D eigenvalue weighted by Crippen LogP contribution is 2.23. The van der Waals surface area contributed by atoms with Crippen molar-refractivity contribution in [1.29, 1.82) is 0 Å². The lowest BCUT2D eigenvalue weighted by Gasteiger charge is -2.32. The smallest absolute Gasteiger partial charge is 0.326 e. The van der Waals surface area contributed by atoms with Crippen LogP contribution in [0.3, 0.4) is 0 Å². The van der Waals surface area contributed by atoms with Gasteiger partial charge >= 0.3 is 11.9 Å². The number of nitrogens with two attached hydrogens (primary N) is 1. The normalized spacial score (nSPS) is 19.9. The van der Waals surface area contributed by atoms with Crippen LogP contribution in [0.2, 0.25) is 0 Å². The number of aliphatic hydroxyl groups excluding tert-OH is 2. The Hall–Kier alpha value is -6.20. The van der Waals surface area contributed by atoms with Crippen LogP contribution >= 0.6 is 0 Å². The van der Waals surface area contributed by atoms with Crippen LogP contribution in [0, 0.1) is 17.8 Å². The van der Waals surface area contributed by atoms with E-state index in [1.807, 2.05) is 30.3 Å². The molecule has 1 aromatic carbocycles. The van der Waals surface area contributed by atoms with Gasteiger partial charge in [-0.3, -0.25) is 43.2 Å². The van der Waals surface area contributed by atoms with E-state index in [0.717, 1.165) is 17.4 Å². The number of carboxylic acid groups (broad SMARTS) is 2. The van der Waals surface area contributed by atoms with Gasteiger partial charge in [0.2, 0.25) is 47.3 Å². The average molecular weight is 1000 g/mol. The first-order valence-corrected chi connectivity index (χ1v) is 24.4. The molecule has 0 aliphatic carbocycles. The Kier molecular flexibility index (Phi) is 23.3. The summed E-state index contributed by atoms with van der Waals surface area (Å²) in [5, 5.41) is 54.8. The van der Waals surface area contributed by atoms with E-state index in [1.54, 1.807) is 27.7 Å². The second-order valence-electron chi connectivity index (χ2n) is 19.0. The van der Waals surface area contributed by atoms with Gasteiger partial charge in [-0.05, 0) is 68.8 Å². The molecule has 0 bridgehead atoms. The van der Waals surface area contributed by atoms with Crippen molar-refractivity contribution in [3.05, 3.63) is 35.9 Å². The van der Waals surface area contributed by atoms with Gasteiger partial charge in [0.1, 0.15) is 48.3 Å². The number of nitrogens with one attached hydrogen (secondary N) is 6. The lowest BCUT2D eigenvalue weighted by molar-refractivity contribution is -0.144. The Labute approximate surface area is 414 Å². The highest BCUT2D eigenvalue weighted by atomic mass is 16.4. The molecule has 0 aromatic heterocycles. The Morgan fingerprint density at radius 2 is 1.10 bits per heavy atom. The summed E-state index contributed by atoms with van der Waals surface area (Å²) in [7, 11) is 0. The van der Waals surface area contributed by atoms with E-state index in [1.165, 1.54) is 18.7 Å². The Bertz CT molecular complexity index is 2040. The van der Waals surface area contributed by atoms with Gasteiger partial charge in [-0.1, -0.05) is 84.7 Å². The third-order valence-electron chi connectivity index (χ3n) is 13.2. The molecule has 12 atom stereocenters. The van der Waals surface area contributed by atoms with Crippen molar-refractivity contribution in [2.24, 2.45) is 23.5 Å². The SMILES string of the molecule is CC[C@H](C)[C@H](NC(=O)[C@@H]1CCCN1C(=O)[C@H](CO)NC(=O)[C@@H](NC(=O)[C@@H]1CCCN1C(=O)[C@@H](N)Cc1ccccc1)[C@@H](C)CC)C(=O)N[C@@H](CCC(=O)O)C(=O)N[C@H](C(=O)N[C@H](C(=O)O)C(C)C)[C@@H](C)O. The minimum Gasteiger partial charge on any atom is -0.481 e. The first-order chi connectivity index (χ1) is 33.5. The van der Waals surface area contributed by atoms with Gasteiger partial charge in [0.05, 0.1) is 18.8 Å². The first kappa shape index (κ1) is 59.1. The van der Waals surface area contributed by atoms with Crippen molar-refractivity contribution < 1.29 is 68.4 Å². The largest absolute Gasteiger partial charge is 0.481 e. The number of hydrogen-bond donors (Lipinski definition) is 11. The van der Waals surface area contributed by atoms with Crippen molar-refractivity contribution >= 4 is 59.2 Å². The number of nitrogens with zero attached hydrogens (tertiary/aromatic N) is 2. The third kappa shape index (κ3) is 16.7. The first-order valence-electron chi connectivity index (χ1n) is 24.4. The van der Waals surface area contributed by atoms with E-state index in [2.05, 4.69) is 31.9 Å². The molecular formula is C48H75N9O14. The molecule has 2 fully saturated rings. The van der Waals surface area contributed by atoms with Gasteiger partial charge < -0.3 is 67.9 Å². The molecule has 1 aromatic rings. The zero-order valence-electron chi connectivity index (χ0n) is 41.7. The summed E-state index contributed by atoms with van der Waals surface area (Å²) in [6, 6.07) is -2.62. The summed E-state index contributed by atoms with van der Waals surface area (Å²) >= 11 is 0. The molecule has 12 N–H and O–H groups in total. The molecule has 71 heavy (non-hydrogen) atoms. The summed E-state index contributed by atoms with van der Waals surface area (Å²) in [5.74, 6) is -10.8. The van der Waals surface area contributed by atoms with Crippen LogP contribution in [0.15, 0.2) is 30.3 Å². The summed E-state index contributed by atoms with van der Waals surface area (Å²) in [5.41, 5.74) is 7.15. The summed E-state index contributed by atoms with van der Waals surface area (Å²) in [6.45, 7) is 10.5. The third-order valence-corrected chi connectivity index (χ3v) is 13.2. The molecule has 2 saturated heterocycles. The standard InChI is InChI=1S/C48H75N9O14/c1-8-26(5)37(43(65)50-31(19-20-35(60)61)40(62)55-39(28(7)59)45(67)52-36(25(3)4)48(70)71)53-42(64)34-18-14-22-57(34)47(69)32(24-58)51-44(66)38(27(6)9-2)54-41(63)33-17-13-21-56(33)46(68)30(49)23-29-15-11-10-12-16-29/h10-12,15-16,25-28,30-34,36-39,58-59H,8-9,13-14,17-24,49H2,1-7H3,(H,50,65)(H,51,66)(H,52,67)(H,53,64)(H,54,63)(H,55,62)(H,60,61)(H,70,71)/t26-,27-,28+,30-,31-,32-,33-,34-,36-,37-,38-,39-/m0/s1. The number of likely N-dealkylation sites (tertiary alicyclic amines) is 2. The van der Waals surface area contributed by atoms with E-state index >= 15 is 0 Å². The minimum absolute atomic E-state index is 0.0345. The van der Waals surface area contributed by atoms with Gasteiger partial charge in [-0.25, -0.2) is 4.79 Å². The van der Waals surface area contributed by atoms with E-state index in [0.29, 0.717) is 38.6 Å². The van der Waals surface area contributed by atoms with Crippen molar-refractivity contribution in [3.8, 4) is 0 Å². The predicted octanol–water partition coefficient (Wildman–Crippen LogP) is -1.48. The Balaban J connectivity index is 1.75. The summed E-state index contributed by atoms with van der Waals surface area (Å²) in [6.07, 6.45) is -0.371. The monoisotopic (exact) mass is 1000 g/mol. The number of hydrogen-bond acceptors (Lipinski definition) is 13. The molecule has 2 aliphatic rings. The van der Waals surface area contributed by atoms with Crippen LogP contribution in [0.1, 0.15) is 105 Å². The number of aliphatic hydroxyl groups is 2. The summed E-state index contributed by atoms with van der Waals surface area (Å²) in [4.78, 5) is 136. The van der Waals surface area contributed by atoms with E-state index in [4.69, 9.17) is 5.73 Å². The zero-order valence-corrected chi connectivity index (χ0v) is 41.7. The molecule has 23 nitrogen and oxygen atoms in total. The highest BCUT2D eigenvalue weighted by molar-refractivity contribution is 5.98. The number of carboxylic acids is 2. The van der Waals surface area contributed by atoms with E-state index in [-0.39, 0.29) is 19.4 Å². The molecule has 2 aliphatic heterocycles. The van der Waals surface area contributed by atoms with Crippen molar-refractivity contribution in [2.75, 3.05) is 19.7 Å². The van der Waals surface area contributed by atoms with Gasteiger partial charge in [0.25, 0.3) is 0 Å².